The second-order valence-corrected chi connectivity index (χ2v) is 6.70. The highest BCUT2D eigenvalue weighted by atomic mass is 16.5. The van der Waals surface area contributed by atoms with E-state index in [1.165, 1.54) is 16.7 Å². The van der Waals surface area contributed by atoms with E-state index in [1.807, 2.05) is 0 Å². The van der Waals surface area contributed by atoms with E-state index in [0.717, 1.165) is 57.8 Å². The first-order valence-electron chi connectivity index (χ1n) is 8.95. The largest absolute Gasteiger partial charge is 0.481 e. The molecule has 0 saturated heterocycles. The van der Waals surface area contributed by atoms with Crippen LogP contribution in [0.5, 0.6) is 0 Å². The molecular weight excluding hydrogens is 318 g/mol. The van der Waals surface area contributed by atoms with Crippen molar-refractivity contribution in [2.45, 2.75) is 71.8 Å². The fraction of sp³-hybridized carbons (Fsp3) is 0.600. The maximum atomic E-state index is 9.00. The van der Waals surface area contributed by atoms with Gasteiger partial charge in [0.2, 0.25) is 0 Å². The zero-order chi connectivity index (χ0) is 18.9. The zero-order valence-corrected chi connectivity index (χ0v) is 15.8. The van der Waals surface area contributed by atoms with Crippen LogP contribution in [0.4, 0.5) is 0 Å². The minimum Gasteiger partial charge on any atom is -0.481 e. The van der Waals surface area contributed by atoms with Crippen molar-refractivity contribution in [2.24, 2.45) is 5.16 Å². The minimum absolute atomic E-state index is 0.209. The minimum atomic E-state index is -0.833. The van der Waals surface area contributed by atoms with E-state index in [0.29, 0.717) is 0 Å². The number of benzene rings is 1. The first-order chi connectivity index (χ1) is 11.8. The molecule has 0 aliphatic heterocycles. The van der Waals surface area contributed by atoms with Gasteiger partial charge in [-0.15, -0.1) is 0 Å². The number of aryl methyl sites for hydroxylation is 2. The lowest BCUT2D eigenvalue weighted by Gasteiger charge is -2.39. The SMILES string of the molecule is CC(=O)O.CCCCOC1(c2cc(C)ccc2C)CCC(=NO)CC1. The van der Waals surface area contributed by atoms with Crippen molar-refractivity contribution < 1.29 is 19.8 Å². The van der Waals surface area contributed by atoms with Crippen LogP contribution >= 0.6 is 0 Å². The van der Waals surface area contributed by atoms with Gasteiger partial charge in [-0.1, -0.05) is 42.3 Å². The molecule has 25 heavy (non-hydrogen) atoms. The van der Waals surface area contributed by atoms with E-state index in [-0.39, 0.29) is 5.60 Å². The molecule has 1 aromatic carbocycles. The molecule has 140 valence electrons. The molecule has 0 atom stereocenters. The number of oxime groups is 1. The maximum Gasteiger partial charge on any atom is 0.300 e. The summed E-state index contributed by atoms with van der Waals surface area (Å²) in [6.45, 7) is 8.36. The average molecular weight is 349 g/mol. The third-order valence-electron chi connectivity index (χ3n) is 4.54. The fourth-order valence-electron chi connectivity index (χ4n) is 3.17. The molecule has 2 rings (SSSR count). The van der Waals surface area contributed by atoms with Gasteiger partial charge in [0.1, 0.15) is 0 Å². The Labute approximate surface area is 150 Å². The Bertz CT molecular complexity index is 581. The van der Waals surface area contributed by atoms with Gasteiger partial charge in [0.15, 0.2) is 0 Å². The van der Waals surface area contributed by atoms with Gasteiger partial charge in [-0.25, -0.2) is 0 Å². The van der Waals surface area contributed by atoms with Crippen LogP contribution in [0.15, 0.2) is 23.4 Å². The first-order valence-corrected chi connectivity index (χ1v) is 8.95. The number of carboxylic acids is 1. The van der Waals surface area contributed by atoms with E-state index >= 15 is 0 Å². The van der Waals surface area contributed by atoms with Crippen LogP contribution in [0.3, 0.4) is 0 Å². The predicted molar refractivity (Wildman–Crippen MR) is 99.5 cm³/mol. The van der Waals surface area contributed by atoms with E-state index in [4.69, 9.17) is 19.8 Å². The van der Waals surface area contributed by atoms with Crippen LogP contribution in [0.2, 0.25) is 0 Å². The topological polar surface area (TPSA) is 79.1 Å². The van der Waals surface area contributed by atoms with Crippen molar-refractivity contribution in [2.75, 3.05) is 6.61 Å². The van der Waals surface area contributed by atoms with Gasteiger partial charge in [0.25, 0.3) is 5.97 Å². The Balaban J connectivity index is 0.000000705. The Morgan fingerprint density at radius 1 is 1.28 bits per heavy atom. The van der Waals surface area contributed by atoms with E-state index in [9.17, 15) is 0 Å². The maximum absolute atomic E-state index is 9.00. The molecule has 1 saturated carbocycles. The summed E-state index contributed by atoms with van der Waals surface area (Å²) < 4.78 is 6.39. The number of rotatable bonds is 5. The standard InChI is InChI=1S/C18H27NO2.C2H4O2/c1-4-5-12-21-18(10-8-16(19-20)9-11-18)17-13-14(2)6-7-15(17)3;1-2(3)4/h6-7,13,20H,4-5,8-12H2,1-3H3;1H3,(H,3,4). The van der Waals surface area contributed by atoms with Crippen molar-refractivity contribution in [1.82, 2.24) is 0 Å². The Hall–Kier alpha value is -1.88. The molecule has 0 unspecified atom stereocenters. The molecular formula is C20H31NO4. The predicted octanol–water partition coefficient (Wildman–Crippen LogP) is 4.81. The van der Waals surface area contributed by atoms with Crippen LogP contribution in [0.1, 0.15) is 69.1 Å². The molecule has 5 nitrogen and oxygen atoms in total. The summed E-state index contributed by atoms with van der Waals surface area (Å²) in [5, 5.41) is 19.8. The molecule has 0 radical (unpaired) electrons. The van der Waals surface area contributed by atoms with Gasteiger partial charge >= 0.3 is 0 Å². The van der Waals surface area contributed by atoms with Gasteiger partial charge in [-0.3, -0.25) is 4.79 Å². The van der Waals surface area contributed by atoms with Crippen LogP contribution in [0.25, 0.3) is 0 Å². The van der Waals surface area contributed by atoms with Gasteiger partial charge in [0.05, 0.1) is 11.3 Å². The lowest BCUT2D eigenvalue weighted by atomic mass is 9.76. The highest BCUT2D eigenvalue weighted by molar-refractivity contribution is 5.84. The van der Waals surface area contributed by atoms with Gasteiger partial charge < -0.3 is 15.1 Å². The third-order valence-corrected chi connectivity index (χ3v) is 4.54. The normalized spacial score (nSPS) is 19.8. The summed E-state index contributed by atoms with van der Waals surface area (Å²) in [4.78, 5) is 9.00. The molecule has 0 bridgehead atoms. The number of hydrogen-bond donors (Lipinski definition) is 2. The summed E-state index contributed by atoms with van der Waals surface area (Å²) in [5.74, 6) is -0.833. The number of aliphatic carboxylic acids is 1. The van der Waals surface area contributed by atoms with Gasteiger partial charge in [-0.2, -0.15) is 0 Å². The fourth-order valence-corrected chi connectivity index (χ4v) is 3.17. The molecule has 1 aliphatic carbocycles. The Morgan fingerprint density at radius 2 is 1.88 bits per heavy atom. The number of unbranched alkanes of at least 4 members (excludes halogenated alkanes) is 1. The van der Waals surface area contributed by atoms with Gasteiger partial charge in [0, 0.05) is 13.5 Å². The van der Waals surface area contributed by atoms with Crippen LogP contribution in [0, 0.1) is 13.8 Å². The molecule has 1 aromatic rings. The summed E-state index contributed by atoms with van der Waals surface area (Å²) >= 11 is 0. The summed E-state index contributed by atoms with van der Waals surface area (Å²) in [7, 11) is 0. The number of hydrogen-bond acceptors (Lipinski definition) is 4. The number of ether oxygens (including phenoxy) is 1. The van der Waals surface area contributed by atoms with Gasteiger partial charge in [-0.05, 0) is 57.1 Å². The first kappa shape index (κ1) is 21.2. The molecule has 0 amide bonds. The molecule has 0 aromatic heterocycles. The smallest absolute Gasteiger partial charge is 0.300 e. The Morgan fingerprint density at radius 3 is 2.40 bits per heavy atom. The quantitative estimate of drug-likeness (QED) is 0.454. The van der Waals surface area contributed by atoms with Crippen LogP contribution in [-0.4, -0.2) is 28.6 Å². The van der Waals surface area contributed by atoms with Crippen LogP contribution < -0.4 is 0 Å². The van der Waals surface area contributed by atoms with E-state index < -0.39 is 5.97 Å². The lowest BCUT2D eigenvalue weighted by Crippen LogP contribution is -2.36. The van der Waals surface area contributed by atoms with Crippen molar-refractivity contribution in [3.63, 3.8) is 0 Å². The number of nitrogens with zero attached hydrogens (tertiary/aromatic N) is 1. The van der Waals surface area contributed by atoms with Crippen molar-refractivity contribution in [3.05, 3.63) is 34.9 Å². The monoisotopic (exact) mass is 349 g/mol. The second kappa shape index (κ2) is 10.2. The molecule has 5 heteroatoms. The Kier molecular flexibility index (Phi) is 8.62. The molecule has 1 fully saturated rings. The van der Waals surface area contributed by atoms with Crippen molar-refractivity contribution in [1.29, 1.82) is 0 Å². The lowest BCUT2D eigenvalue weighted by molar-refractivity contribution is -0.134. The molecule has 0 spiro atoms. The summed E-state index contributed by atoms with van der Waals surface area (Å²) in [6.07, 6.45) is 5.67. The van der Waals surface area contributed by atoms with E-state index in [1.54, 1.807) is 0 Å². The van der Waals surface area contributed by atoms with Crippen molar-refractivity contribution in [3.8, 4) is 0 Å². The highest BCUT2D eigenvalue weighted by Gasteiger charge is 2.37. The average Bonchev–Trinajstić information content (AvgIpc) is 2.57. The molecule has 2 N–H and O–H groups in total. The summed E-state index contributed by atoms with van der Waals surface area (Å²) in [5.41, 5.74) is 4.57. The molecule has 0 heterocycles. The second-order valence-electron chi connectivity index (χ2n) is 6.70. The summed E-state index contributed by atoms with van der Waals surface area (Å²) in [6, 6.07) is 6.61. The zero-order valence-electron chi connectivity index (χ0n) is 15.8. The molecule has 1 aliphatic rings. The van der Waals surface area contributed by atoms with Crippen molar-refractivity contribution >= 4 is 11.7 Å². The third kappa shape index (κ3) is 6.50. The highest BCUT2D eigenvalue weighted by Crippen LogP contribution is 2.41. The number of carboxylic acid groups (broad SMARTS) is 1. The van der Waals surface area contributed by atoms with Crippen LogP contribution in [-0.2, 0) is 15.1 Å². The van der Waals surface area contributed by atoms with E-state index in [2.05, 4.69) is 44.1 Å². The number of carbonyl (C=O) groups is 1.